The van der Waals surface area contributed by atoms with Gasteiger partial charge in [-0.05, 0) is 27.3 Å². The third-order valence-electron chi connectivity index (χ3n) is 2.25. The maximum atomic E-state index is 11.4. The van der Waals surface area contributed by atoms with E-state index in [0.29, 0.717) is 6.54 Å². The highest BCUT2D eigenvalue weighted by Gasteiger charge is 2.20. The lowest BCUT2D eigenvalue weighted by Crippen LogP contribution is -2.50. The number of nitrogens with two attached hydrogens (primary N) is 1. The molecule has 0 aliphatic heterocycles. The van der Waals surface area contributed by atoms with E-state index in [-0.39, 0.29) is 30.7 Å². The van der Waals surface area contributed by atoms with Gasteiger partial charge in [0.2, 0.25) is 5.91 Å². The monoisotopic (exact) mass is 303 g/mol. The summed E-state index contributed by atoms with van der Waals surface area (Å²) in [6.45, 7) is 6.59. The molecule has 0 bridgehead atoms. The van der Waals surface area contributed by atoms with Crippen LogP contribution in [0.3, 0.4) is 0 Å². The van der Waals surface area contributed by atoms with Crippen LogP contribution in [0, 0.1) is 0 Å². The zero-order valence-corrected chi connectivity index (χ0v) is 13.3. The third-order valence-corrected chi connectivity index (χ3v) is 2.25. The molecule has 0 saturated carbocycles. The Morgan fingerprint density at radius 3 is 2.33 bits per heavy atom. The van der Waals surface area contributed by atoms with E-state index in [1.54, 1.807) is 21.0 Å². The van der Waals surface area contributed by atoms with Crippen molar-refractivity contribution in [1.82, 2.24) is 10.2 Å². The molecule has 0 rings (SSSR count). The Hall–Kier alpha value is -0.0700. The minimum atomic E-state index is -0.797. The van der Waals surface area contributed by atoms with Gasteiger partial charge in [0.1, 0.15) is 0 Å². The summed E-state index contributed by atoms with van der Waals surface area (Å²) in [5, 5.41) is 2.81. The van der Waals surface area contributed by atoms with Gasteiger partial charge in [-0.3, -0.25) is 4.79 Å². The van der Waals surface area contributed by atoms with E-state index in [1.165, 1.54) is 0 Å². The Morgan fingerprint density at radius 1 is 1.33 bits per heavy atom. The molecular weight excluding hydrogens is 277 g/mol. The summed E-state index contributed by atoms with van der Waals surface area (Å²) < 4.78 is 4.97. The molecule has 0 aliphatic carbocycles. The van der Waals surface area contributed by atoms with Crippen LogP contribution >= 0.6 is 24.8 Å². The van der Waals surface area contributed by atoms with Crippen LogP contribution in [0.2, 0.25) is 0 Å². The van der Waals surface area contributed by atoms with Gasteiger partial charge in [0.05, 0.1) is 5.54 Å². The topological polar surface area (TPSA) is 67.6 Å². The Bertz CT molecular complexity index is 211. The van der Waals surface area contributed by atoms with E-state index < -0.39 is 5.54 Å². The summed E-state index contributed by atoms with van der Waals surface area (Å²) in [7, 11) is 3.72. The zero-order chi connectivity index (χ0) is 12.6. The van der Waals surface area contributed by atoms with Crippen molar-refractivity contribution in [2.45, 2.75) is 25.8 Å². The van der Waals surface area contributed by atoms with Crippen LogP contribution in [0.5, 0.6) is 0 Å². The number of carbonyl (C=O) groups excluding carboxylic acids is 1. The third kappa shape index (κ3) is 12.4. The van der Waals surface area contributed by atoms with Crippen molar-refractivity contribution in [1.29, 1.82) is 0 Å². The van der Waals surface area contributed by atoms with Crippen LogP contribution in [0.1, 0.15) is 20.3 Å². The first-order valence-corrected chi connectivity index (χ1v) is 5.62. The van der Waals surface area contributed by atoms with E-state index in [4.69, 9.17) is 10.5 Å². The number of amides is 1. The fourth-order valence-corrected chi connectivity index (χ4v) is 1.18. The molecule has 0 aromatic heterocycles. The molecular formula is C11H27Cl2N3O2. The number of nitrogens with zero attached hydrogens (tertiary/aromatic N) is 1. The first-order chi connectivity index (χ1) is 7.38. The van der Waals surface area contributed by atoms with Gasteiger partial charge in [-0.1, -0.05) is 0 Å². The molecule has 0 heterocycles. The van der Waals surface area contributed by atoms with Gasteiger partial charge in [-0.15, -0.1) is 24.8 Å². The second-order valence-electron chi connectivity index (χ2n) is 4.63. The average molecular weight is 304 g/mol. The Balaban J connectivity index is -0.00000112. The predicted octanol–water partition coefficient (Wildman–Crippen LogP) is 0.652. The van der Waals surface area contributed by atoms with E-state index in [9.17, 15) is 4.79 Å². The number of methoxy groups -OCH3 is 1. The van der Waals surface area contributed by atoms with Gasteiger partial charge >= 0.3 is 0 Å². The molecule has 0 spiro atoms. The van der Waals surface area contributed by atoms with Gasteiger partial charge in [0.25, 0.3) is 0 Å². The number of nitrogens with one attached hydrogen (secondary N) is 1. The van der Waals surface area contributed by atoms with Gasteiger partial charge in [-0.25, -0.2) is 0 Å². The molecule has 0 saturated heterocycles. The molecule has 0 aromatic rings. The number of halogens is 2. The molecule has 1 amide bonds. The largest absolute Gasteiger partial charge is 0.385 e. The summed E-state index contributed by atoms with van der Waals surface area (Å²) in [5.74, 6) is -0.113. The quantitative estimate of drug-likeness (QED) is 0.646. The SMILES string of the molecule is COCCCN(C)CCNC(=O)C(C)(C)N.Cl.Cl. The predicted molar refractivity (Wildman–Crippen MR) is 79.8 cm³/mol. The molecule has 0 radical (unpaired) electrons. The van der Waals surface area contributed by atoms with E-state index >= 15 is 0 Å². The Labute approximate surface area is 123 Å². The van der Waals surface area contributed by atoms with Crippen molar-refractivity contribution in [2.24, 2.45) is 5.73 Å². The van der Waals surface area contributed by atoms with Crippen LogP contribution in [0.25, 0.3) is 0 Å². The smallest absolute Gasteiger partial charge is 0.239 e. The fourth-order valence-electron chi connectivity index (χ4n) is 1.18. The Kier molecular flexibility index (Phi) is 15.4. The van der Waals surface area contributed by atoms with Gasteiger partial charge in [-0.2, -0.15) is 0 Å². The van der Waals surface area contributed by atoms with Crippen molar-refractivity contribution < 1.29 is 9.53 Å². The second-order valence-corrected chi connectivity index (χ2v) is 4.63. The van der Waals surface area contributed by atoms with Gasteiger partial charge in [0.15, 0.2) is 0 Å². The van der Waals surface area contributed by atoms with Gasteiger partial charge in [0, 0.05) is 33.4 Å². The average Bonchev–Trinajstić information content (AvgIpc) is 2.16. The second kappa shape index (κ2) is 12.0. The highest BCUT2D eigenvalue weighted by atomic mass is 35.5. The standard InChI is InChI=1S/C11H25N3O2.2ClH/c1-11(2,12)10(15)13-6-8-14(3)7-5-9-16-4;;/h5-9,12H2,1-4H3,(H,13,15);2*1H. The number of carbonyl (C=O) groups is 1. The van der Waals surface area contributed by atoms with E-state index in [2.05, 4.69) is 10.2 Å². The summed E-state index contributed by atoms with van der Waals surface area (Å²) in [5.41, 5.74) is 4.85. The van der Waals surface area contributed by atoms with Crippen LogP contribution < -0.4 is 11.1 Å². The molecule has 0 aromatic carbocycles. The number of ether oxygens (including phenoxy) is 1. The van der Waals surface area contributed by atoms with E-state index in [1.807, 2.05) is 7.05 Å². The van der Waals surface area contributed by atoms with Crippen LogP contribution in [-0.2, 0) is 9.53 Å². The molecule has 0 atom stereocenters. The zero-order valence-electron chi connectivity index (χ0n) is 11.7. The highest BCUT2D eigenvalue weighted by molar-refractivity contribution is 5.85. The summed E-state index contributed by atoms with van der Waals surface area (Å²) in [6, 6.07) is 0. The maximum Gasteiger partial charge on any atom is 0.239 e. The Morgan fingerprint density at radius 2 is 1.89 bits per heavy atom. The lowest BCUT2D eigenvalue weighted by Gasteiger charge is -2.20. The highest BCUT2D eigenvalue weighted by Crippen LogP contribution is 1.95. The first-order valence-electron chi connectivity index (χ1n) is 5.62. The summed E-state index contributed by atoms with van der Waals surface area (Å²) in [6.07, 6.45) is 1.00. The molecule has 7 heteroatoms. The molecule has 5 nitrogen and oxygen atoms in total. The number of rotatable bonds is 8. The minimum absolute atomic E-state index is 0. The van der Waals surface area contributed by atoms with Crippen molar-refractivity contribution in [3.8, 4) is 0 Å². The van der Waals surface area contributed by atoms with Crippen LogP contribution in [-0.4, -0.2) is 56.7 Å². The van der Waals surface area contributed by atoms with Crippen molar-refractivity contribution >= 4 is 30.7 Å². The summed E-state index contributed by atoms with van der Waals surface area (Å²) >= 11 is 0. The minimum Gasteiger partial charge on any atom is -0.385 e. The summed E-state index contributed by atoms with van der Waals surface area (Å²) in [4.78, 5) is 13.6. The van der Waals surface area contributed by atoms with E-state index in [0.717, 1.165) is 26.1 Å². The first kappa shape index (κ1) is 23.1. The number of hydrogen-bond acceptors (Lipinski definition) is 4. The number of hydrogen-bond donors (Lipinski definition) is 2. The molecule has 112 valence electrons. The van der Waals surface area contributed by atoms with Crippen molar-refractivity contribution in [3.63, 3.8) is 0 Å². The fraction of sp³-hybridized carbons (Fsp3) is 0.909. The lowest BCUT2D eigenvalue weighted by atomic mass is 10.1. The lowest BCUT2D eigenvalue weighted by molar-refractivity contribution is -0.125. The molecule has 18 heavy (non-hydrogen) atoms. The van der Waals surface area contributed by atoms with Crippen LogP contribution in [0.4, 0.5) is 0 Å². The van der Waals surface area contributed by atoms with Crippen molar-refractivity contribution in [2.75, 3.05) is 40.4 Å². The molecule has 0 aliphatic rings. The molecule has 0 unspecified atom stereocenters. The molecule has 0 fully saturated rings. The van der Waals surface area contributed by atoms with Gasteiger partial charge < -0.3 is 20.7 Å². The number of likely N-dealkylation sites (N-methyl/N-ethyl adjacent to an activating group) is 1. The normalized spacial score (nSPS) is 10.6. The molecule has 3 N–H and O–H groups in total. The van der Waals surface area contributed by atoms with Crippen molar-refractivity contribution in [3.05, 3.63) is 0 Å². The van der Waals surface area contributed by atoms with Crippen LogP contribution in [0.15, 0.2) is 0 Å². The maximum absolute atomic E-state index is 11.4.